The lowest BCUT2D eigenvalue weighted by atomic mass is 10.00. The number of unbranched alkanes of at least 4 members (excludes halogenated alkanes) is 1. The van der Waals surface area contributed by atoms with Crippen LogP contribution in [0, 0.1) is 0 Å². The van der Waals surface area contributed by atoms with Crippen LogP contribution in [-0.4, -0.2) is 52.8 Å². The number of likely N-dealkylation sites (tertiary alicyclic amines) is 1. The van der Waals surface area contributed by atoms with E-state index in [1.54, 1.807) is 23.1 Å². The molecular formula is C21H29NO6. The zero-order chi connectivity index (χ0) is 20.4. The molecule has 0 radical (unpaired) electrons. The number of carboxylic acids is 1. The molecule has 1 saturated heterocycles. The molecule has 7 heteroatoms. The first-order valence-corrected chi connectivity index (χ1v) is 9.65. The monoisotopic (exact) mass is 391 g/mol. The molecule has 1 aliphatic heterocycles. The first-order valence-electron chi connectivity index (χ1n) is 9.65. The van der Waals surface area contributed by atoms with Crippen LogP contribution in [0.25, 0.3) is 0 Å². The number of hydrogen-bond acceptors (Lipinski definition) is 5. The third kappa shape index (κ3) is 7.23. The second kappa shape index (κ2) is 11.3. The fraction of sp³-hybridized carbons (Fsp3) is 0.524. The lowest BCUT2D eigenvalue weighted by molar-refractivity contribution is -0.137. The Morgan fingerprint density at radius 2 is 2.25 bits per heavy atom. The Kier molecular flexibility index (Phi) is 8.81. The Balaban J connectivity index is 1.85. The fourth-order valence-electron chi connectivity index (χ4n) is 3.17. The highest BCUT2D eigenvalue weighted by Gasteiger charge is 2.25. The predicted molar refractivity (Wildman–Crippen MR) is 104 cm³/mol. The molecule has 0 aliphatic carbocycles. The molecule has 2 rings (SSSR count). The van der Waals surface area contributed by atoms with Gasteiger partial charge in [-0.05, 0) is 31.7 Å². The van der Waals surface area contributed by atoms with E-state index in [1.807, 2.05) is 18.2 Å². The second-order valence-electron chi connectivity index (χ2n) is 6.84. The van der Waals surface area contributed by atoms with Gasteiger partial charge in [0.2, 0.25) is 5.91 Å². The highest BCUT2D eigenvalue weighted by molar-refractivity contribution is 5.77. The number of carbonyl (C=O) groups excluding carboxylic acids is 1. The Bertz CT molecular complexity index is 693. The lowest BCUT2D eigenvalue weighted by Gasteiger charge is -2.33. The number of furan rings is 1. The molecule has 1 aromatic heterocycles. The van der Waals surface area contributed by atoms with E-state index in [9.17, 15) is 14.7 Å². The van der Waals surface area contributed by atoms with Crippen LogP contribution in [0.15, 0.2) is 40.9 Å². The number of amides is 1. The largest absolute Gasteiger partial charge is 0.481 e. The summed E-state index contributed by atoms with van der Waals surface area (Å²) < 4.78 is 10.4. The van der Waals surface area contributed by atoms with Crippen LogP contribution >= 0.6 is 0 Å². The van der Waals surface area contributed by atoms with Crippen LogP contribution in [0.2, 0.25) is 0 Å². The summed E-state index contributed by atoms with van der Waals surface area (Å²) in [6.45, 7) is 0.492. The van der Waals surface area contributed by atoms with Crippen LogP contribution in [0.1, 0.15) is 44.3 Å². The third-order valence-electron chi connectivity index (χ3n) is 4.65. The minimum absolute atomic E-state index is 0.0503. The quantitative estimate of drug-likeness (QED) is 0.444. The van der Waals surface area contributed by atoms with Gasteiger partial charge in [0.15, 0.2) is 0 Å². The summed E-state index contributed by atoms with van der Waals surface area (Å²) in [5, 5.41) is 18.9. The van der Waals surface area contributed by atoms with E-state index in [0.29, 0.717) is 43.9 Å². The van der Waals surface area contributed by atoms with E-state index >= 15 is 0 Å². The second-order valence-corrected chi connectivity index (χ2v) is 6.84. The maximum absolute atomic E-state index is 12.3. The van der Waals surface area contributed by atoms with Gasteiger partial charge in [0.05, 0.1) is 19.3 Å². The zero-order valence-corrected chi connectivity index (χ0v) is 16.3. The summed E-state index contributed by atoms with van der Waals surface area (Å²) >= 11 is 0. The first-order chi connectivity index (χ1) is 13.5. The van der Waals surface area contributed by atoms with E-state index < -0.39 is 12.1 Å². The van der Waals surface area contributed by atoms with Crippen LogP contribution in [0.5, 0.6) is 5.95 Å². The van der Waals surface area contributed by atoms with Crippen molar-refractivity contribution in [2.45, 2.75) is 57.1 Å². The number of piperidine rings is 1. The maximum atomic E-state index is 12.3. The van der Waals surface area contributed by atoms with Gasteiger partial charge in [0.1, 0.15) is 5.76 Å². The molecule has 2 atom stereocenters. The molecule has 28 heavy (non-hydrogen) atoms. The Hall–Kier alpha value is -2.54. The maximum Gasteiger partial charge on any atom is 0.303 e. The average molecular weight is 391 g/mol. The highest BCUT2D eigenvalue weighted by Crippen LogP contribution is 2.21. The first kappa shape index (κ1) is 21.8. The third-order valence-corrected chi connectivity index (χ3v) is 4.65. The summed E-state index contributed by atoms with van der Waals surface area (Å²) in [7, 11) is 1.52. The van der Waals surface area contributed by atoms with Gasteiger partial charge in [0, 0.05) is 31.9 Å². The number of rotatable bonds is 11. The average Bonchev–Trinajstić information content (AvgIpc) is 3.11. The molecule has 0 saturated carbocycles. The molecule has 154 valence electrons. The van der Waals surface area contributed by atoms with E-state index in [1.165, 1.54) is 7.11 Å². The van der Waals surface area contributed by atoms with Gasteiger partial charge < -0.3 is 24.3 Å². The molecule has 0 spiro atoms. The van der Waals surface area contributed by atoms with Crippen LogP contribution in [0.3, 0.4) is 0 Å². The summed E-state index contributed by atoms with van der Waals surface area (Å²) in [5.41, 5.74) is 0. The van der Waals surface area contributed by atoms with Crippen molar-refractivity contribution in [2.24, 2.45) is 0 Å². The summed E-state index contributed by atoms with van der Waals surface area (Å²) in [6.07, 6.45) is 10.7. The number of allylic oxidation sites excluding steroid dienone is 1. The Morgan fingerprint density at radius 3 is 2.96 bits per heavy atom. The number of carboxylic acid groups (broad SMARTS) is 1. The molecule has 1 aromatic rings. The van der Waals surface area contributed by atoms with Crippen molar-refractivity contribution in [1.29, 1.82) is 0 Å². The number of aliphatic hydroxyl groups is 1. The molecule has 0 aromatic carbocycles. The number of hydrogen-bond donors (Lipinski definition) is 2. The van der Waals surface area contributed by atoms with Crippen LogP contribution in [0.4, 0.5) is 0 Å². The molecule has 1 aliphatic rings. The number of nitrogens with zero attached hydrogens (tertiary/aromatic N) is 1. The predicted octanol–water partition coefficient (Wildman–Crippen LogP) is 2.94. The van der Waals surface area contributed by atoms with Crippen molar-refractivity contribution >= 4 is 11.9 Å². The molecule has 2 heterocycles. The number of ether oxygens (including phenoxy) is 1. The van der Waals surface area contributed by atoms with Gasteiger partial charge in [-0.3, -0.25) is 9.59 Å². The molecule has 1 unspecified atom stereocenters. The molecule has 1 fully saturated rings. The standard InChI is InChI=1S/C21H29NO6/c1-27-21-13-12-18(28-21)15-17(23)11-10-16-7-6-8-19(24)22(16)14-5-3-2-4-9-20(25)26/h3,5,10-13,16-17,23H,2,4,6-9,14-15H2,1H3,(H,25,26)/b5-3-,11-10+/t16-,17?/m1/s1. The number of aliphatic carboxylic acids is 1. The molecular weight excluding hydrogens is 362 g/mol. The molecule has 7 nitrogen and oxygen atoms in total. The normalized spacial score (nSPS) is 18.9. The zero-order valence-electron chi connectivity index (χ0n) is 16.3. The van der Waals surface area contributed by atoms with E-state index in [0.717, 1.165) is 12.8 Å². The van der Waals surface area contributed by atoms with Crippen LogP contribution in [-0.2, 0) is 16.0 Å². The fourth-order valence-corrected chi connectivity index (χ4v) is 3.17. The molecule has 1 amide bonds. The van der Waals surface area contributed by atoms with Gasteiger partial charge in [-0.15, -0.1) is 0 Å². The summed E-state index contributed by atoms with van der Waals surface area (Å²) in [4.78, 5) is 24.6. The van der Waals surface area contributed by atoms with Crippen molar-refractivity contribution in [3.05, 3.63) is 42.2 Å². The SMILES string of the molecule is COc1ccc(CC(O)/C=C/[C@H]2CCCC(=O)N2C/C=C\CCCC(=O)O)o1. The van der Waals surface area contributed by atoms with E-state index in [2.05, 4.69) is 0 Å². The minimum atomic E-state index is -0.795. The number of aliphatic hydroxyl groups excluding tert-OH is 1. The van der Waals surface area contributed by atoms with Crippen molar-refractivity contribution in [3.63, 3.8) is 0 Å². The smallest absolute Gasteiger partial charge is 0.303 e. The lowest BCUT2D eigenvalue weighted by Crippen LogP contribution is -2.42. The van der Waals surface area contributed by atoms with Gasteiger partial charge in [-0.1, -0.05) is 24.3 Å². The number of carbonyl (C=O) groups is 2. The van der Waals surface area contributed by atoms with E-state index in [4.69, 9.17) is 14.3 Å². The Labute approximate surface area is 165 Å². The molecule has 0 bridgehead atoms. The topological polar surface area (TPSA) is 100 Å². The van der Waals surface area contributed by atoms with Crippen molar-refractivity contribution in [2.75, 3.05) is 13.7 Å². The summed E-state index contributed by atoms with van der Waals surface area (Å²) in [6, 6.07) is 3.42. The van der Waals surface area contributed by atoms with Crippen molar-refractivity contribution in [1.82, 2.24) is 4.90 Å². The van der Waals surface area contributed by atoms with Gasteiger partial charge in [0.25, 0.3) is 5.95 Å². The van der Waals surface area contributed by atoms with Crippen molar-refractivity contribution < 1.29 is 29.0 Å². The van der Waals surface area contributed by atoms with Gasteiger partial charge in [-0.25, -0.2) is 0 Å². The Morgan fingerprint density at radius 1 is 1.43 bits per heavy atom. The van der Waals surface area contributed by atoms with Crippen molar-refractivity contribution in [3.8, 4) is 5.95 Å². The van der Waals surface area contributed by atoms with Crippen LogP contribution < -0.4 is 4.74 Å². The molecule has 2 N–H and O–H groups in total. The summed E-state index contributed by atoms with van der Waals surface area (Å²) in [5.74, 6) is 0.345. The van der Waals surface area contributed by atoms with Gasteiger partial charge in [-0.2, -0.15) is 0 Å². The van der Waals surface area contributed by atoms with Gasteiger partial charge >= 0.3 is 5.97 Å². The number of methoxy groups -OCH3 is 1. The minimum Gasteiger partial charge on any atom is -0.481 e. The highest BCUT2D eigenvalue weighted by atomic mass is 16.6. The van der Waals surface area contributed by atoms with E-state index in [-0.39, 0.29) is 18.4 Å².